The average Bonchev–Trinajstić information content (AvgIpc) is 3.21. The minimum absolute atomic E-state index is 0.00626. The van der Waals surface area contributed by atoms with Crippen LogP contribution < -0.4 is 20.9 Å². The highest BCUT2D eigenvalue weighted by Gasteiger charge is 2.43. The van der Waals surface area contributed by atoms with E-state index >= 15 is 4.39 Å². The molecule has 184 valence electrons. The standard InChI is InChI=1S/C25H21ClF4N2O3/c26-22-16(27)10-18-15(11-25(12-31,35-18)13-4-2-1-3-5-13)20(22)21-14(24(32)33)6-7-17(23(21)30)34-9-8-19(28)29/h1-7,10,19H,8-9,11-12,31H2,(H2,32,33). The number of hydrogen-bond acceptors (Lipinski definition) is 4. The van der Waals surface area contributed by atoms with E-state index in [4.69, 9.17) is 32.5 Å². The molecule has 1 amide bonds. The first kappa shape index (κ1) is 24.8. The van der Waals surface area contributed by atoms with Crippen LogP contribution in [-0.2, 0) is 12.0 Å². The number of fused-ring (bicyclic) bond motifs is 1. The lowest BCUT2D eigenvalue weighted by Gasteiger charge is -2.27. The number of primary amides is 1. The van der Waals surface area contributed by atoms with E-state index in [2.05, 4.69) is 0 Å². The van der Waals surface area contributed by atoms with Gasteiger partial charge < -0.3 is 20.9 Å². The quantitative estimate of drug-likeness (QED) is 0.409. The van der Waals surface area contributed by atoms with E-state index in [9.17, 15) is 18.0 Å². The van der Waals surface area contributed by atoms with Crippen LogP contribution in [0.4, 0.5) is 17.6 Å². The summed E-state index contributed by atoms with van der Waals surface area (Å²) < 4.78 is 67.0. The number of nitrogens with two attached hydrogens (primary N) is 2. The van der Waals surface area contributed by atoms with Gasteiger partial charge in [-0.3, -0.25) is 4.79 Å². The maximum atomic E-state index is 15.7. The van der Waals surface area contributed by atoms with Crippen LogP contribution in [0.5, 0.6) is 11.5 Å². The third-order valence-corrected chi connectivity index (χ3v) is 6.27. The van der Waals surface area contributed by atoms with Crippen molar-refractivity contribution in [2.45, 2.75) is 24.9 Å². The van der Waals surface area contributed by atoms with Crippen LogP contribution in [0.2, 0.25) is 5.02 Å². The molecule has 35 heavy (non-hydrogen) atoms. The van der Waals surface area contributed by atoms with Gasteiger partial charge in [0.05, 0.1) is 17.2 Å². The van der Waals surface area contributed by atoms with Gasteiger partial charge in [-0.05, 0) is 17.7 Å². The minimum Gasteiger partial charge on any atom is -0.490 e. The Bertz CT molecular complexity index is 1270. The molecule has 1 atom stereocenters. The molecule has 1 heterocycles. The van der Waals surface area contributed by atoms with Gasteiger partial charge in [-0.25, -0.2) is 17.6 Å². The summed E-state index contributed by atoms with van der Waals surface area (Å²) in [5.74, 6) is -3.34. The zero-order valence-corrected chi connectivity index (χ0v) is 19.0. The molecule has 0 spiro atoms. The fourth-order valence-corrected chi connectivity index (χ4v) is 4.47. The van der Waals surface area contributed by atoms with Gasteiger partial charge in [0.1, 0.15) is 11.6 Å². The molecular formula is C25H21ClF4N2O3. The molecule has 0 aliphatic carbocycles. The molecule has 1 aliphatic heterocycles. The molecule has 3 aromatic rings. The van der Waals surface area contributed by atoms with Crippen molar-refractivity contribution in [3.05, 3.63) is 81.9 Å². The minimum atomic E-state index is -2.65. The number of alkyl halides is 2. The van der Waals surface area contributed by atoms with E-state index in [0.717, 1.165) is 12.1 Å². The number of halogens is 5. The Morgan fingerprint density at radius 2 is 1.86 bits per heavy atom. The molecule has 0 saturated carbocycles. The summed E-state index contributed by atoms with van der Waals surface area (Å²) in [6.07, 6.45) is -3.19. The Morgan fingerprint density at radius 3 is 2.49 bits per heavy atom. The molecule has 0 saturated heterocycles. The van der Waals surface area contributed by atoms with Crippen LogP contribution in [0.3, 0.4) is 0 Å². The smallest absolute Gasteiger partial charge is 0.249 e. The molecule has 0 aromatic heterocycles. The van der Waals surface area contributed by atoms with Crippen molar-refractivity contribution in [3.8, 4) is 22.6 Å². The fourth-order valence-electron chi connectivity index (χ4n) is 4.21. The maximum Gasteiger partial charge on any atom is 0.249 e. The van der Waals surface area contributed by atoms with Crippen LogP contribution >= 0.6 is 11.6 Å². The van der Waals surface area contributed by atoms with Gasteiger partial charge in [-0.2, -0.15) is 0 Å². The number of carbonyl (C=O) groups is 1. The molecule has 1 unspecified atom stereocenters. The summed E-state index contributed by atoms with van der Waals surface area (Å²) in [6.45, 7) is -0.474. The van der Waals surface area contributed by atoms with Crippen LogP contribution in [-0.4, -0.2) is 25.5 Å². The van der Waals surface area contributed by atoms with E-state index in [1.807, 2.05) is 6.07 Å². The maximum absolute atomic E-state index is 15.7. The third kappa shape index (κ3) is 4.53. The summed E-state index contributed by atoms with van der Waals surface area (Å²) in [4.78, 5) is 12.2. The lowest BCUT2D eigenvalue weighted by atomic mass is 9.85. The van der Waals surface area contributed by atoms with E-state index in [0.29, 0.717) is 11.1 Å². The second-order valence-corrected chi connectivity index (χ2v) is 8.44. The Balaban J connectivity index is 1.91. The fraction of sp³-hybridized carbons (Fsp3) is 0.240. The number of carbonyl (C=O) groups excluding carboxylic acids is 1. The predicted molar refractivity (Wildman–Crippen MR) is 123 cm³/mol. The molecule has 1 aliphatic rings. The van der Waals surface area contributed by atoms with E-state index in [-0.39, 0.29) is 29.8 Å². The van der Waals surface area contributed by atoms with Crippen molar-refractivity contribution in [2.75, 3.05) is 13.2 Å². The molecule has 4 rings (SSSR count). The molecule has 4 N–H and O–H groups in total. The number of ether oxygens (including phenoxy) is 2. The first-order valence-corrected chi connectivity index (χ1v) is 11.1. The highest BCUT2D eigenvalue weighted by atomic mass is 35.5. The highest BCUT2D eigenvalue weighted by Crippen LogP contribution is 2.50. The SMILES string of the molecule is NCC1(c2ccccc2)Cc2c(cc(F)c(Cl)c2-c2c(C(N)=O)ccc(OCCC(F)F)c2F)O1. The van der Waals surface area contributed by atoms with Gasteiger partial charge >= 0.3 is 0 Å². The largest absolute Gasteiger partial charge is 0.490 e. The van der Waals surface area contributed by atoms with Crippen molar-refractivity contribution in [2.24, 2.45) is 11.5 Å². The van der Waals surface area contributed by atoms with E-state index < -0.39 is 58.9 Å². The van der Waals surface area contributed by atoms with Gasteiger partial charge in [0.15, 0.2) is 17.2 Å². The monoisotopic (exact) mass is 508 g/mol. The molecule has 10 heteroatoms. The Kier molecular flexibility index (Phi) is 6.91. The van der Waals surface area contributed by atoms with E-state index in [1.165, 1.54) is 6.07 Å². The summed E-state index contributed by atoms with van der Waals surface area (Å²) in [5.41, 5.74) is 10.7. The lowest BCUT2D eigenvalue weighted by molar-refractivity contribution is 0.1000. The average molecular weight is 509 g/mol. The first-order valence-electron chi connectivity index (χ1n) is 10.7. The topological polar surface area (TPSA) is 87.6 Å². The van der Waals surface area contributed by atoms with Gasteiger partial charge in [-0.1, -0.05) is 41.9 Å². The normalized spacial score (nSPS) is 16.8. The van der Waals surface area contributed by atoms with Crippen molar-refractivity contribution in [1.29, 1.82) is 0 Å². The molecule has 0 radical (unpaired) electrons. The molecule has 0 fully saturated rings. The van der Waals surface area contributed by atoms with Crippen molar-refractivity contribution in [1.82, 2.24) is 0 Å². The molecule has 5 nitrogen and oxygen atoms in total. The zero-order valence-electron chi connectivity index (χ0n) is 18.3. The van der Waals surface area contributed by atoms with Gasteiger partial charge in [0, 0.05) is 42.1 Å². The first-order chi connectivity index (χ1) is 16.7. The van der Waals surface area contributed by atoms with Gasteiger partial charge in [-0.15, -0.1) is 0 Å². The summed E-state index contributed by atoms with van der Waals surface area (Å²) in [5, 5.41) is -0.459. The Morgan fingerprint density at radius 1 is 1.14 bits per heavy atom. The second kappa shape index (κ2) is 9.75. The summed E-state index contributed by atoms with van der Waals surface area (Å²) in [6, 6.07) is 12.3. The molecular weight excluding hydrogens is 488 g/mol. The van der Waals surface area contributed by atoms with Crippen molar-refractivity contribution < 1.29 is 31.8 Å². The second-order valence-electron chi connectivity index (χ2n) is 8.06. The number of rotatable bonds is 8. The summed E-state index contributed by atoms with van der Waals surface area (Å²) in [7, 11) is 0. The highest BCUT2D eigenvalue weighted by molar-refractivity contribution is 6.34. The lowest BCUT2D eigenvalue weighted by Crippen LogP contribution is -2.39. The van der Waals surface area contributed by atoms with E-state index in [1.54, 1.807) is 24.3 Å². The zero-order chi connectivity index (χ0) is 25.3. The van der Waals surface area contributed by atoms with Gasteiger partial charge in [0.2, 0.25) is 12.3 Å². The number of hydrogen-bond donors (Lipinski definition) is 2. The molecule has 0 bridgehead atoms. The Labute approximate surface area is 203 Å². The van der Waals surface area contributed by atoms with Crippen molar-refractivity contribution in [3.63, 3.8) is 0 Å². The van der Waals surface area contributed by atoms with Crippen LogP contribution in [0.1, 0.15) is 27.9 Å². The van der Waals surface area contributed by atoms with Gasteiger partial charge in [0.25, 0.3) is 0 Å². The van der Waals surface area contributed by atoms with Crippen LogP contribution in [0.15, 0.2) is 48.5 Å². The summed E-state index contributed by atoms with van der Waals surface area (Å²) >= 11 is 6.32. The Hall–Kier alpha value is -3.30. The predicted octanol–water partition coefficient (Wildman–Crippen LogP) is 5.21. The number of amides is 1. The van der Waals surface area contributed by atoms with Crippen LogP contribution in [0.25, 0.3) is 11.1 Å². The van der Waals surface area contributed by atoms with Crippen LogP contribution in [0, 0.1) is 11.6 Å². The third-order valence-electron chi connectivity index (χ3n) is 5.90. The van der Waals surface area contributed by atoms with Crippen molar-refractivity contribution >= 4 is 17.5 Å². The molecule has 3 aromatic carbocycles. The number of benzene rings is 3.